The molecule has 4 nitrogen and oxygen atoms in total. The van der Waals surface area contributed by atoms with Gasteiger partial charge in [-0.05, 0) is 116 Å². The van der Waals surface area contributed by atoms with Crippen molar-refractivity contribution in [2.45, 2.75) is 64.2 Å². The van der Waals surface area contributed by atoms with Crippen LogP contribution < -0.4 is 0 Å². The molecule has 0 aromatic heterocycles. The van der Waals surface area contributed by atoms with Crippen molar-refractivity contribution < 1.29 is 20.4 Å². The van der Waals surface area contributed by atoms with E-state index in [0.29, 0.717) is 47.9 Å². The molecule has 0 unspecified atom stereocenters. The third-order valence-electron chi connectivity index (χ3n) is 9.21. The fourth-order valence-corrected chi connectivity index (χ4v) is 7.82. The molecule has 0 heterocycles. The number of aromatic hydroxyl groups is 4. The van der Waals surface area contributed by atoms with Crippen LogP contribution in [0.25, 0.3) is 0 Å². The summed E-state index contributed by atoms with van der Waals surface area (Å²) in [6.45, 7) is 7.24. The standard InChI is InChI=1S/C34H32Cl4O4/c1-17-5-6-24(28(38)32(17)42)34(23-13-20(4)31(41)27(37)16-23)9-7-33(8-10-34,21-11-18(2)29(39)25(35)14-21)22-12-19(3)30(40)26(36)15-22/h5-6,11-16,39-42H,7-10H2,1-4H3. The van der Waals surface area contributed by atoms with E-state index in [2.05, 4.69) is 0 Å². The van der Waals surface area contributed by atoms with Crippen molar-refractivity contribution in [1.82, 2.24) is 0 Å². The van der Waals surface area contributed by atoms with Crippen LogP contribution in [0.15, 0.2) is 48.5 Å². The van der Waals surface area contributed by atoms with Gasteiger partial charge in [0.1, 0.15) is 23.0 Å². The lowest BCUT2D eigenvalue weighted by atomic mass is 9.55. The molecule has 1 aliphatic carbocycles. The fourth-order valence-electron chi connectivity index (χ4n) is 6.63. The number of hydrogen-bond donors (Lipinski definition) is 4. The predicted octanol–water partition coefficient (Wildman–Crippen LogP) is 10.2. The maximum atomic E-state index is 10.9. The van der Waals surface area contributed by atoms with Crippen molar-refractivity contribution in [2.24, 2.45) is 0 Å². The normalized spacial score (nSPS) is 16.0. The lowest BCUT2D eigenvalue weighted by Crippen LogP contribution is -2.41. The highest BCUT2D eigenvalue weighted by Gasteiger charge is 2.48. The Hall–Kier alpha value is -2.76. The first-order valence-electron chi connectivity index (χ1n) is 13.7. The minimum absolute atomic E-state index is 0.0296. The summed E-state index contributed by atoms with van der Waals surface area (Å²) in [6.07, 6.45) is 2.39. The molecule has 0 saturated heterocycles. The summed E-state index contributed by atoms with van der Waals surface area (Å²) in [6, 6.07) is 15.1. The van der Waals surface area contributed by atoms with Crippen molar-refractivity contribution in [3.8, 4) is 23.0 Å². The van der Waals surface area contributed by atoms with Gasteiger partial charge in [0.2, 0.25) is 0 Å². The second-order valence-corrected chi connectivity index (χ2v) is 13.2. The zero-order chi connectivity index (χ0) is 30.7. The molecule has 42 heavy (non-hydrogen) atoms. The van der Waals surface area contributed by atoms with Crippen molar-refractivity contribution in [2.75, 3.05) is 0 Å². The molecule has 8 heteroatoms. The van der Waals surface area contributed by atoms with Gasteiger partial charge in [-0.3, -0.25) is 0 Å². The van der Waals surface area contributed by atoms with Gasteiger partial charge in [0.25, 0.3) is 0 Å². The van der Waals surface area contributed by atoms with Crippen molar-refractivity contribution in [3.05, 3.63) is 113 Å². The summed E-state index contributed by atoms with van der Waals surface area (Å²) < 4.78 is 0. The van der Waals surface area contributed by atoms with E-state index < -0.39 is 10.8 Å². The Bertz CT molecular complexity index is 1590. The van der Waals surface area contributed by atoms with Crippen LogP contribution in [0.5, 0.6) is 23.0 Å². The van der Waals surface area contributed by atoms with E-state index in [9.17, 15) is 20.4 Å². The van der Waals surface area contributed by atoms with Crippen LogP contribution in [0.4, 0.5) is 0 Å². The van der Waals surface area contributed by atoms with E-state index in [1.165, 1.54) is 0 Å². The molecule has 0 radical (unpaired) electrons. The lowest BCUT2D eigenvalue weighted by Gasteiger charge is -2.48. The van der Waals surface area contributed by atoms with Crippen LogP contribution in [-0.2, 0) is 10.8 Å². The molecule has 1 saturated carbocycles. The van der Waals surface area contributed by atoms with Gasteiger partial charge < -0.3 is 20.4 Å². The maximum absolute atomic E-state index is 10.9. The quantitative estimate of drug-likeness (QED) is 0.178. The van der Waals surface area contributed by atoms with E-state index in [4.69, 9.17) is 46.4 Å². The number of benzene rings is 4. The van der Waals surface area contributed by atoms with Gasteiger partial charge in [0, 0.05) is 10.8 Å². The van der Waals surface area contributed by atoms with Gasteiger partial charge in [0.05, 0.1) is 20.1 Å². The summed E-state index contributed by atoms with van der Waals surface area (Å²) >= 11 is 26.5. The maximum Gasteiger partial charge on any atom is 0.137 e. The third kappa shape index (κ3) is 4.87. The zero-order valence-corrected chi connectivity index (χ0v) is 26.8. The highest BCUT2D eigenvalue weighted by Crippen LogP contribution is 2.58. The highest BCUT2D eigenvalue weighted by atomic mass is 35.5. The van der Waals surface area contributed by atoms with E-state index in [0.717, 1.165) is 22.3 Å². The molecule has 0 amide bonds. The Morgan fingerprint density at radius 1 is 0.476 bits per heavy atom. The SMILES string of the molecule is Cc1cc(C2(c3cc(C)c(O)c(Cl)c3)CCC(c3cc(C)c(O)c(Cl)c3)(c3ccc(C)c(O)c3Cl)CC2)cc(Cl)c1O. The number of phenols is 4. The average Bonchev–Trinajstić information content (AvgIpc) is 2.95. The molecule has 0 bridgehead atoms. The summed E-state index contributed by atoms with van der Waals surface area (Å²) in [5.74, 6) is 0.143. The minimum Gasteiger partial charge on any atom is -0.506 e. The molecular weight excluding hydrogens is 614 g/mol. The first-order valence-corrected chi connectivity index (χ1v) is 15.2. The van der Waals surface area contributed by atoms with Gasteiger partial charge >= 0.3 is 0 Å². The Morgan fingerprint density at radius 3 is 1.21 bits per heavy atom. The minimum atomic E-state index is -0.653. The molecule has 1 fully saturated rings. The third-order valence-corrected chi connectivity index (χ3v) is 10.5. The van der Waals surface area contributed by atoms with Crippen molar-refractivity contribution in [1.29, 1.82) is 0 Å². The fraction of sp³-hybridized carbons (Fsp3) is 0.294. The molecule has 5 rings (SSSR count). The Morgan fingerprint density at radius 2 is 0.833 bits per heavy atom. The van der Waals surface area contributed by atoms with Crippen LogP contribution in [0.1, 0.15) is 70.2 Å². The van der Waals surface area contributed by atoms with Crippen LogP contribution in [0.3, 0.4) is 0 Å². The summed E-state index contributed by atoms with van der Waals surface area (Å²) in [5.41, 5.74) is 4.91. The lowest BCUT2D eigenvalue weighted by molar-refractivity contribution is 0.256. The largest absolute Gasteiger partial charge is 0.506 e. The average molecular weight is 646 g/mol. The Balaban J connectivity index is 1.76. The first-order chi connectivity index (χ1) is 19.7. The van der Waals surface area contributed by atoms with Gasteiger partial charge in [-0.25, -0.2) is 0 Å². The number of aryl methyl sites for hydroxylation is 4. The predicted molar refractivity (Wildman–Crippen MR) is 171 cm³/mol. The van der Waals surface area contributed by atoms with Gasteiger partial charge in [-0.2, -0.15) is 0 Å². The van der Waals surface area contributed by atoms with E-state index in [1.807, 2.05) is 51.1 Å². The van der Waals surface area contributed by atoms with Crippen LogP contribution in [-0.4, -0.2) is 20.4 Å². The van der Waals surface area contributed by atoms with Crippen molar-refractivity contribution in [3.63, 3.8) is 0 Å². The topological polar surface area (TPSA) is 80.9 Å². The van der Waals surface area contributed by atoms with Gasteiger partial charge in [-0.15, -0.1) is 0 Å². The Labute approximate surface area is 266 Å². The molecule has 4 aromatic carbocycles. The second-order valence-electron chi connectivity index (χ2n) is 11.6. The number of hydrogen-bond acceptors (Lipinski definition) is 4. The van der Waals surface area contributed by atoms with E-state index in [1.54, 1.807) is 25.1 Å². The molecule has 220 valence electrons. The smallest absolute Gasteiger partial charge is 0.137 e. The second kappa shape index (κ2) is 11.1. The first kappa shape index (κ1) is 30.7. The van der Waals surface area contributed by atoms with Crippen molar-refractivity contribution >= 4 is 46.4 Å². The molecule has 0 spiro atoms. The molecule has 4 aromatic rings. The highest BCUT2D eigenvalue weighted by molar-refractivity contribution is 6.33. The number of phenolic OH excluding ortho intramolecular Hbond substituents is 4. The number of halogens is 4. The molecule has 1 aliphatic rings. The van der Waals surface area contributed by atoms with E-state index in [-0.39, 0.29) is 43.1 Å². The zero-order valence-electron chi connectivity index (χ0n) is 23.7. The van der Waals surface area contributed by atoms with Gasteiger partial charge in [0.15, 0.2) is 0 Å². The van der Waals surface area contributed by atoms with Crippen LogP contribution in [0, 0.1) is 27.7 Å². The molecule has 4 N–H and O–H groups in total. The molecule has 0 atom stereocenters. The summed E-state index contributed by atoms with van der Waals surface area (Å²) in [4.78, 5) is 0. The Kier molecular flexibility index (Phi) is 8.08. The summed E-state index contributed by atoms with van der Waals surface area (Å²) in [7, 11) is 0. The number of rotatable bonds is 4. The monoisotopic (exact) mass is 644 g/mol. The van der Waals surface area contributed by atoms with Crippen LogP contribution in [0.2, 0.25) is 20.1 Å². The molecule has 0 aliphatic heterocycles. The van der Waals surface area contributed by atoms with E-state index >= 15 is 0 Å². The summed E-state index contributed by atoms with van der Waals surface area (Å²) in [5, 5.41) is 43.4. The molecular formula is C34H32Cl4O4. The van der Waals surface area contributed by atoms with Crippen LogP contribution >= 0.6 is 46.4 Å². The van der Waals surface area contributed by atoms with Gasteiger partial charge in [-0.1, -0.05) is 76.7 Å².